The van der Waals surface area contributed by atoms with E-state index in [1.807, 2.05) is 12.3 Å². The molecule has 2 aromatic carbocycles. The highest BCUT2D eigenvalue weighted by atomic mass is 79.9. The van der Waals surface area contributed by atoms with Gasteiger partial charge in [-0.25, -0.2) is 0 Å². The molecular weight excluding hydrogens is 995 g/mol. The van der Waals surface area contributed by atoms with E-state index < -0.39 is 185 Å². The van der Waals surface area contributed by atoms with E-state index in [4.69, 9.17) is 240 Å². The summed E-state index contributed by atoms with van der Waals surface area (Å²) in [6.45, 7) is 6.67. The summed E-state index contributed by atoms with van der Waals surface area (Å²) in [6.07, 6.45) is -39.6. The maximum Gasteiger partial charge on any atom is 0.0704 e. The fraction of sp³-hybridized carbons (Fsp3) is 0.190. The zero-order valence-electron chi connectivity index (χ0n) is 48.3. The molecule has 0 amide bonds. The van der Waals surface area contributed by atoms with Gasteiger partial charge in [0.2, 0.25) is 0 Å². The predicted molar refractivity (Wildman–Crippen MR) is 447 cm³/mol. The topological polar surface area (TPSA) is 12.9 Å². The van der Waals surface area contributed by atoms with Crippen molar-refractivity contribution in [3.8, 4) is 22.4 Å². The van der Waals surface area contributed by atoms with Crippen molar-refractivity contribution in [3.63, 3.8) is 0 Å². The standard InChI is InChI=1S/C21H20BrN.B60/c1-21(2,3)17-12-13-23-20(14-17)16-10-8-15(9-11-16)18-6-4-5-7-19(18)22;1-32(2)47(31)55(48(33(3)4)34(5)6)59(56(49(35(7)8)36(9)10)50(37(11)12)38(13)14)60(57(51(39(15)16)40(17)18)52(41(19)20)42(21)22)58(53(43(23)24)44(25)26)54(45(27)28)46(29)30/h4-14H,1-3H3;. The van der Waals surface area contributed by atoms with Gasteiger partial charge in [-0.2, -0.15) is 0 Å². The van der Waals surface area contributed by atoms with Gasteiger partial charge in [-0.05, 0) is 40.3 Å². The van der Waals surface area contributed by atoms with Gasteiger partial charge < -0.3 is 0 Å². The molecule has 0 aliphatic heterocycles. The molecule has 1 heterocycles. The molecule has 62 heteroatoms. The molecule has 0 bridgehead atoms. The van der Waals surface area contributed by atoms with Gasteiger partial charge in [0.1, 0.15) is 0 Å². The fourth-order valence-corrected chi connectivity index (χ4v) is 13.3. The maximum atomic E-state index is 7.08. The first-order valence-electron chi connectivity index (χ1n) is 27.4. The van der Waals surface area contributed by atoms with E-state index in [0.717, 1.165) is 15.7 Å². The molecule has 0 fully saturated rings. The summed E-state index contributed by atoms with van der Waals surface area (Å²) < 4.78 is 1.11. The Balaban J connectivity index is 0.000000835. The van der Waals surface area contributed by atoms with Crippen LogP contribution in [0.5, 0.6) is 0 Å². The third kappa shape index (κ3) is 22.3. The summed E-state index contributed by atoms with van der Waals surface area (Å²) in [6, 6.07) is 21.2. The Morgan fingerprint density at radius 1 is 0.301 bits per heavy atom. The summed E-state index contributed by atoms with van der Waals surface area (Å²) >= 11 is 3.62. The zero-order valence-corrected chi connectivity index (χ0v) is 49.9. The quantitative estimate of drug-likeness (QED) is 0.0607. The van der Waals surface area contributed by atoms with Crippen molar-refractivity contribution in [3.05, 3.63) is 76.9 Å². The molecule has 296 valence electrons. The lowest BCUT2D eigenvalue weighted by molar-refractivity contribution is 0.589. The van der Waals surface area contributed by atoms with E-state index in [1.54, 1.807) is 0 Å². The lowest BCUT2D eigenvalue weighted by atomic mass is 8.23. The van der Waals surface area contributed by atoms with E-state index in [0.29, 0.717) is 0 Å². The molecule has 1 nitrogen and oxygen atoms in total. The molecule has 3 aromatic rings. The van der Waals surface area contributed by atoms with Gasteiger partial charge in [-0.1, -0.05) is 79.2 Å². The second-order valence-electron chi connectivity index (χ2n) is 23.5. The molecule has 1 aromatic heterocycles. The van der Waals surface area contributed by atoms with Crippen LogP contribution < -0.4 is 0 Å². The van der Waals surface area contributed by atoms with Gasteiger partial charge in [0.25, 0.3) is 0 Å². The highest BCUT2D eigenvalue weighted by molar-refractivity contribution is 9.10. The average Bonchev–Trinajstić information content (AvgIpc) is 1.69. The summed E-state index contributed by atoms with van der Waals surface area (Å²) in [5, 5.41) is 0. The van der Waals surface area contributed by atoms with Crippen LogP contribution in [0.2, 0.25) is 0 Å². The summed E-state index contributed by atoms with van der Waals surface area (Å²) in [5.74, 6) is 0. The summed E-state index contributed by atoms with van der Waals surface area (Å²) in [4.78, 5) is 4.53. The number of hydrogen-bond acceptors (Lipinski definition) is 1. The lowest BCUT2D eigenvalue weighted by Gasteiger charge is -2.59. The first kappa shape index (κ1) is 81.1. The number of rotatable bonds is 30. The van der Waals surface area contributed by atoms with Crippen LogP contribution in [-0.4, -0.2) is 430 Å². The zero-order chi connectivity index (χ0) is 64.2. The van der Waals surface area contributed by atoms with Crippen molar-refractivity contribution in [2.45, 2.75) is 26.2 Å². The molecule has 0 saturated carbocycles. The van der Waals surface area contributed by atoms with Gasteiger partial charge in [0.05, 0.1) is 5.69 Å². The maximum absolute atomic E-state index is 7.08. The van der Waals surface area contributed by atoms with Crippen molar-refractivity contribution < 1.29 is 0 Å². The van der Waals surface area contributed by atoms with Crippen LogP contribution in [0.4, 0.5) is 0 Å². The van der Waals surface area contributed by atoms with Crippen LogP contribution in [0.3, 0.4) is 0 Å². The van der Waals surface area contributed by atoms with Gasteiger partial charge >= 0.3 is 0 Å². The van der Waals surface area contributed by atoms with Crippen LogP contribution in [0, 0.1) is 0 Å². The van der Waals surface area contributed by atoms with Gasteiger partial charge in [0, 0.05) is 441 Å². The number of hydrogen-bond donors (Lipinski definition) is 0. The molecule has 83 heavy (non-hydrogen) atoms. The Hall–Kier alpha value is 1.97. The molecule has 0 N–H and O–H groups in total. The highest BCUT2D eigenvalue weighted by Gasteiger charge is 2.62. The van der Waals surface area contributed by atoms with Crippen LogP contribution in [0.25, 0.3) is 22.4 Å². The van der Waals surface area contributed by atoms with Crippen LogP contribution in [0.1, 0.15) is 26.3 Å². The first-order valence-corrected chi connectivity index (χ1v) is 28.2. The van der Waals surface area contributed by atoms with Crippen LogP contribution >= 0.6 is 15.9 Å². The molecule has 3 rings (SSSR count). The molecular formula is C21H20B60BrN. The van der Waals surface area contributed by atoms with Gasteiger partial charge in [-0.15, -0.1) is 0 Å². The number of aromatic nitrogens is 1. The Bertz CT molecular complexity index is 2130. The van der Waals surface area contributed by atoms with Crippen LogP contribution in [-0.2, 0) is 5.41 Å². The number of nitrogens with zero attached hydrogens (tertiary/aromatic N) is 1. The predicted octanol–water partition coefficient (Wildman–Crippen LogP) is -16.4. The smallest absolute Gasteiger partial charge is 0.0704 e. The monoisotopic (exact) mass is 1030 g/mol. The van der Waals surface area contributed by atoms with Crippen molar-refractivity contribution >= 4 is 441 Å². The Morgan fingerprint density at radius 3 is 0.819 bits per heavy atom. The Kier molecular flexibility index (Phi) is 36.1. The third-order valence-electron chi connectivity index (χ3n) is 16.4. The molecule has 0 aliphatic rings. The largest absolute Gasteiger partial charge is 0.256 e. The SMILES string of the molecule is CC(C)(C)c1ccnc(-c2ccc(-c3ccccc3Br)cc2)c1.[B]B([B])B([B])B(B(B([B])[B])B([B])[B])B(B(B(B([B])[B])B([B])[B])B(B([B])[B])B([B])[B])B(B(B(B([B])[B])B([B])[B])B(B([B])[B])B([B])[B])B(B(B([B])[B])B([B])[B])B(B([B])[B])B([B])[B]. The number of pyridine rings is 1. The molecule has 0 atom stereocenters. The van der Waals surface area contributed by atoms with Crippen LogP contribution in [0.15, 0.2) is 71.3 Å². The minimum absolute atomic E-state index is 0.131. The molecule has 62 radical (unpaired) electrons. The van der Waals surface area contributed by atoms with Crippen molar-refractivity contribution in [1.82, 2.24) is 4.98 Å². The Morgan fingerprint density at radius 2 is 0.554 bits per heavy atom. The van der Waals surface area contributed by atoms with Gasteiger partial charge in [-0.3, -0.25) is 4.98 Å². The van der Waals surface area contributed by atoms with E-state index >= 15 is 0 Å². The van der Waals surface area contributed by atoms with Crippen molar-refractivity contribution in [1.29, 1.82) is 0 Å². The van der Waals surface area contributed by atoms with Crippen molar-refractivity contribution in [2.75, 3.05) is 0 Å². The van der Waals surface area contributed by atoms with Gasteiger partial charge in [0.15, 0.2) is 0 Å². The van der Waals surface area contributed by atoms with E-state index in [1.165, 1.54) is 16.7 Å². The second-order valence-corrected chi connectivity index (χ2v) is 24.3. The molecule has 0 aliphatic carbocycles. The average molecular weight is 1020 g/mol. The normalized spacial score (nSPS) is 10.2. The fourth-order valence-electron chi connectivity index (χ4n) is 12.8. The number of halogens is 1. The van der Waals surface area contributed by atoms with E-state index in [-0.39, 0.29) is 5.41 Å². The Labute approximate surface area is 566 Å². The minimum atomic E-state index is -1.52. The molecule has 0 unspecified atom stereocenters. The lowest BCUT2D eigenvalue weighted by Crippen LogP contribution is -2.97. The highest BCUT2D eigenvalue weighted by Crippen LogP contribution is 2.31. The number of benzene rings is 2. The molecule has 0 spiro atoms. The van der Waals surface area contributed by atoms with E-state index in [2.05, 4.69) is 96.3 Å². The first-order chi connectivity index (χ1) is 38.2. The minimum Gasteiger partial charge on any atom is -0.256 e. The summed E-state index contributed by atoms with van der Waals surface area (Å²) in [7, 11) is 204. The second kappa shape index (κ2) is 37.0. The summed E-state index contributed by atoms with van der Waals surface area (Å²) in [5.41, 5.74) is 6.01. The third-order valence-corrected chi connectivity index (χ3v) is 17.1. The molecule has 0 saturated heterocycles. The van der Waals surface area contributed by atoms with E-state index in [9.17, 15) is 0 Å². The van der Waals surface area contributed by atoms with Crippen molar-refractivity contribution in [2.24, 2.45) is 0 Å².